The van der Waals surface area contributed by atoms with Crippen LogP contribution in [0, 0.1) is 12.7 Å². The van der Waals surface area contributed by atoms with Crippen molar-refractivity contribution in [2.75, 3.05) is 10.0 Å². The van der Waals surface area contributed by atoms with Crippen molar-refractivity contribution in [1.82, 2.24) is 4.98 Å². The van der Waals surface area contributed by atoms with E-state index in [1.807, 2.05) is 6.92 Å². The second-order valence-corrected chi connectivity index (χ2v) is 8.36. The van der Waals surface area contributed by atoms with E-state index in [9.17, 15) is 12.8 Å². The van der Waals surface area contributed by atoms with Crippen molar-refractivity contribution in [3.63, 3.8) is 0 Å². The molecule has 5 nitrogen and oxygen atoms in total. The standard InChI is InChI=1S/C18H18FN3O2S2/c1-12-7-8-14(21-13(2)15-5-3-4-6-16(15)19)11-17(12)26(23,24)22-18-20-9-10-25-18/h3-11,13,21H,1-2H3,(H,20,22)/t13-/m0/s1. The van der Waals surface area contributed by atoms with Gasteiger partial charge in [-0.2, -0.15) is 0 Å². The Morgan fingerprint density at radius 3 is 2.65 bits per heavy atom. The second kappa shape index (κ2) is 7.43. The lowest BCUT2D eigenvalue weighted by Crippen LogP contribution is -2.15. The highest BCUT2D eigenvalue weighted by Crippen LogP contribution is 2.27. The van der Waals surface area contributed by atoms with E-state index in [1.54, 1.807) is 48.7 Å². The molecule has 0 radical (unpaired) electrons. The van der Waals surface area contributed by atoms with E-state index in [2.05, 4.69) is 15.0 Å². The molecular weight excluding hydrogens is 373 g/mol. The Labute approximate surface area is 156 Å². The summed E-state index contributed by atoms with van der Waals surface area (Å²) in [6.07, 6.45) is 1.53. The average Bonchev–Trinajstić information content (AvgIpc) is 3.09. The Kier molecular flexibility index (Phi) is 5.24. The van der Waals surface area contributed by atoms with Crippen LogP contribution in [0.1, 0.15) is 24.1 Å². The van der Waals surface area contributed by atoms with Crippen LogP contribution >= 0.6 is 11.3 Å². The maximum Gasteiger partial charge on any atom is 0.264 e. The zero-order valence-electron chi connectivity index (χ0n) is 14.2. The van der Waals surface area contributed by atoms with Crippen molar-refractivity contribution in [2.24, 2.45) is 0 Å². The van der Waals surface area contributed by atoms with Crippen LogP contribution in [-0.2, 0) is 10.0 Å². The summed E-state index contributed by atoms with van der Waals surface area (Å²) in [6.45, 7) is 3.54. The molecule has 0 spiro atoms. The SMILES string of the molecule is Cc1ccc(N[C@@H](C)c2ccccc2F)cc1S(=O)(=O)Nc1nccs1. The number of anilines is 2. The highest BCUT2D eigenvalue weighted by molar-refractivity contribution is 7.93. The minimum Gasteiger partial charge on any atom is -0.378 e. The van der Waals surface area contributed by atoms with Gasteiger partial charge in [0.05, 0.1) is 10.9 Å². The predicted molar refractivity (Wildman–Crippen MR) is 103 cm³/mol. The molecule has 136 valence electrons. The predicted octanol–water partition coefficient (Wildman–Crippen LogP) is 4.56. The van der Waals surface area contributed by atoms with Crippen LogP contribution in [-0.4, -0.2) is 13.4 Å². The Morgan fingerprint density at radius 2 is 1.96 bits per heavy atom. The van der Waals surface area contributed by atoms with Crippen LogP contribution in [0.5, 0.6) is 0 Å². The van der Waals surface area contributed by atoms with Crippen molar-refractivity contribution in [1.29, 1.82) is 0 Å². The van der Waals surface area contributed by atoms with Crippen molar-refractivity contribution in [2.45, 2.75) is 24.8 Å². The molecule has 8 heteroatoms. The highest BCUT2D eigenvalue weighted by Gasteiger charge is 2.19. The molecule has 3 aromatic rings. The Balaban J connectivity index is 1.87. The van der Waals surface area contributed by atoms with E-state index in [-0.39, 0.29) is 16.8 Å². The number of aromatic nitrogens is 1. The lowest BCUT2D eigenvalue weighted by Gasteiger charge is -2.18. The number of nitrogens with one attached hydrogen (secondary N) is 2. The summed E-state index contributed by atoms with van der Waals surface area (Å²) < 4.78 is 41.7. The van der Waals surface area contributed by atoms with Crippen molar-refractivity contribution in [3.05, 3.63) is 71.0 Å². The number of hydrogen-bond donors (Lipinski definition) is 2. The summed E-state index contributed by atoms with van der Waals surface area (Å²) in [6, 6.07) is 11.2. The lowest BCUT2D eigenvalue weighted by atomic mass is 10.1. The van der Waals surface area contributed by atoms with E-state index >= 15 is 0 Å². The first-order chi connectivity index (χ1) is 12.4. The summed E-state index contributed by atoms with van der Waals surface area (Å²) in [5.74, 6) is -0.308. The van der Waals surface area contributed by atoms with Gasteiger partial charge < -0.3 is 5.32 Å². The Hall–Kier alpha value is -2.45. The fraction of sp³-hybridized carbons (Fsp3) is 0.167. The van der Waals surface area contributed by atoms with Gasteiger partial charge in [0.2, 0.25) is 0 Å². The van der Waals surface area contributed by atoms with Crippen LogP contribution in [0.25, 0.3) is 0 Å². The van der Waals surface area contributed by atoms with Crippen LogP contribution < -0.4 is 10.0 Å². The highest BCUT2D eigenvalue weighted by atomic mass is 32.2. The molecule has 1 atom stereocenters. The van der Waals surface area contributed by atoms with Crippen molar-refractivity contribution in [3.8, 4) is 0 Å². The number of hydrogen-bond acceptors (Lipinski definition) is 5. The van der Waals surface area contributed by atoms with Gasteiger partial charge in [-0.15, -0.1) is 11.3 Å². The zero-order chi connectivity index (χ0) is 18.7. The molecule has 1 aromatic heterocycles. The van der Waals surface area contributed by atoms with Crippen LogP contribution in [0.2, 0.25) is 0 Å². The summed E-state index contributed by atoms with van der Waals surface area (Å²) in [5, 5.41) is 5.15. The van der Waals surface area contributed by atoms with Gasteiger partial charge in [0.15, 0.2) is 5.13 Å². The van der Waals surface area contributed by atoms with Gasteiger partial charge in [-0.05, 0) is 37.6 Å². The average molecular weight is 391 g/mol. The maximum absolute atomic E-state index is 13.9. The first-order valence-electron chi connectivity index (χ1n) is 7.91. The number of nitrogens with zero attached hydrogens (tertiary/aromatic N) is 1. The third kappa shape index (κ3) is 4.03. The van der Waals surface area contributed by atoms with E-state index < -0.39 is 10.0 Å². The minimum atomic E-state index is -3.76. The quantitative estimate of drug-likeness (QED) is 0.646. The largest absolute Gasteiger partial charge is 0.378 e. The van der Waals surface area contributed by atoms with Gasteiger partial charge in [-0.3, -0.25) is 4.72 Å². The molecule has 0 aliphatic carbocycles. The van der Waals surface area contributed by atoms with Gasteiger partial charge in [-0.25, -0.2) is 17.8 Å². The third-order valence-electron chi connectivity index (χ3n) is 3.89. The monoisotopic (exact) mass is 391 g/mol. The molecule has 0 fully saturated rings. The smallest absolute Gasteiger partial charge is 0.264 e. The summed E-state index contributed by atoms with van der Waals surface area (Å²) in [4.78, 5) is 4.10. The Morgan fingerprint density at radius 1 is 1.19 bits per heavy atom. The molecule has 3 rings (SSSR count). The first-order valence-corrected chi connectivity index (χ1v) is 10.3. The molecule has 0 saturated carbocycles. The fourth-order valence-corrected chi connectivity index (χ4v) is 4.64. The van der Waals surface area contributed by atoms with E-state index in [4.69, 9.17) is 0 Å². The molecule has 0 amide bonds. The molecule has 1 heterocycles. The van der Waals surface area contributed by atoms with Crippen molar-refractivity contribution >= 4 is 32.2 Å². The molecule has 0 bridgehead atoms. The lowest BCUT2D eigenvalue weighted by molar-refractivity contribution is 0.598. The summed E-state index contributed by atoms with van der Waals surface area (Å²) in [7, 11) is -3.76. The topological polar surface area (TPSA) is 71.1 Å². The molecule has 0 aliphatic rings. The van der Waals surface area contributed by atoms with Crippen LogP contribution in [0.4, 0.5) is 15.2 Å². The van der Waals surface area contributed by atoms with Gasteiger partial charge in [0.1, 0.15) is 5.82 Å². The minimum absolute atomic E-state index is 0.151. The van der Waals surface area contributed by atoms with Gasteiger partial charge in [0.25, 0.3) is 10.0 Å². The molecule has 2 aromatic carbocycles. The normalized spacial score (nSPS) is 12.6. The second-order valence-electron chi connectivity index (χ2n) is 5.81. The number of aryl methyl sites for hydroxylation is 1. The van der Waals surface area contributed by atoms with E-state index in [1.165, 1.54) is 23.6 Å². The van der Waals surface area contributed by atoms with Crippen LogP contribution in [0.15, 0.2) is 58.9 Å². The van der Waals surface area contributed by atoms with Gasteiger partial charge >= 0.3 is 0 Å². The maximum atomic E-state index is 13.9. The number of halogens is 1. The number of thiazole rings is 1. The van der Waals surface area contributed by atoms with Crippen LogP contribution in [0.3, 0.4) is 0 Å². The Bertz CT molecular complexity index is 1010. The molecule has 0 saturated heterocycles. The first kappa shape index (κ1) is 18.3. The van der Waals surface area contributed by atoms with Gasteiger partial charge in [0, 0.05) is 22.8 Å². The fourth-order valence-electron chi connectivity index (χ4n) is 2.58. The van der Waals surface area contributed by atoms with Crippen molar-refractivity contribution < 1.29 is 12.8 Å². The van der Waals surface area contributed by atoms with E-state index in [0.717, 1.165) is 0 Å². The number of benzene rings is 2. The molecule has 0 unspecified atom stereocenters. The van der Waals surface area contributed by atoms with Gasteiger partial charge in [-0.1, -0.05) is 24.3 Å². The third-order valence-corrected chi connectivity index (χ3v) is 6.19. The molecule has 0 aliphatic heterocycles. The molecule has 2 N–H and O–H groups in total. The molecular formula is C18H18FN3O2S2. The van der Waals surface area contributed by atoms with E-state index in [0.29, 0.717) is 21.9 Å². The number of sulfonamides is 1. The summed E-state index contributed by atoms with van der Waals surface area (Å²) in [5.41, 5.74) is 1.71. The summed E-state index contributed by atoms with van der Waals surface area (Å²) >= 11 is 1.21. The molecule has 26 heavy (non-hydrogen) atoms. The number of rotatable bonds is 6. The zero-order valence-corrected chi connectivity index (χ0v) is 15.9.